The maximum atomic E-state index is 13.7. The molecule has 0 heterocycles. The van der Waals surface area contributed by atoms with Crippen LogP contribution in [-0.4, -0.2) is 11.1 Å². The van der Waals surface area contributed by atoms with Gasteiger partial charge in [0, 0.05) is 10.6 Å². The lowest BCUT2D eigenvalue weighted by molar-refractivity contribution is -0.137. The molecule has 1 aromatic carbocycles. The van der Waals surface area contributed by atoms with Crippen LogP contribution in [0.5, 0.6) is 0 Å². The number of carboxylic acid groups (broad SMARTS) is 1. The van der Waals surface area contributed by atoms with Gasteiger partial charge >= 0.3 is 5.97 Å². The summed E-state index contributed by atoms with van der Waals surface area (Å²) in [5.41, 5.74) is 1.55. The molecule has 1 N–H and O–H groups in total. The molecule has 0 fully saturated rings. The number of carbonyl (C=O) groups is 1. The molecule has 0 bridgehead atoms. The van der Waals surface area contributed by atoms with Crippen LogP contribution in [0.25, 0.3) is 0 Å². The first-order chi connectivity index (χ1) is 7.34. The highest BCUT2D eigenvalue weighted by atomic mass is 35.5. The van der Waals surface area contributed by atoms with E-state index in [4.69, 9.17) is 16.7 Å². The molecule has 0 amide bonds. The highest BCUT2D eigenvalue weighted by Gasteiger charge is 2.17. The van der Waals surface area contributed by atoms with Gasteiger partial charge in [-0.05, 0) is 37.0 Å². The molecule has 0 aliphatic heterocycles. The first-order valence-corrected chi connectivity index (χ1v) is 5.39. The lowest BCUT2D eigenvalue weighted by Crippen LogP contribution is -2.06. The van der Waals surface area contributed by atoms with Gasteiger partial charge in [-0.3, -0.25) is 4.79 Å². The zero-order chi connectivity index (χ0) is 12.5. The van der Waals surface area contributed by atoms with Crippen LogP contribution in [-0.2, 0) is 4.79 Å². The summed E-state index contributed by atoms with van der Waals surface area (Å²) in [6, 6.07) is 1.66. The molecule has 2 nitrogen and oxygen atoms in total. The Kier molecular flexibility index (Phi) is 3.92. The first-order valence-electron chi connectivity index (χ1n) is 5.01. The van der Waals surface area contributed by atoms with Crippen molar-refractivity contribution in [2.45, 2.75) is 33.1 Å². The van der Waals surface area contributed by atoms with Crippen molar-refractivity contribution >= 4 is 17.6 Å². The van der Waals surface area contributed by atoms with Gasteiger partial charge in [0.25, 0.3) is 0 Å². The van der Waals surface area contributed by atoms with E-state index in [0.717, 1.165) is 0 Å². The molecule has 1 unspecified atom stereocenters. The lowest BCUT2D eigenvalue weighted by Gasteiger charge is -2.15. The van der Waals surface area contributed by atoms with Crippen molar-refractivity contribution in [2.24, 2.45) is 0 Å². The summed E-state index contributed by atoms with van der Waals surface area (Å²) < 4.78 is 13.7. The Bertz CT molecular complexity index is 430. The number of rotatable bonds is 3. The Hall–Kier alpha value is -1.09. The minimum absolute atomic E-state index is 0.0281. The molecule has 4 heteroatoms. The molecular formula is C12H14ClFO2. The zero-order valence-electron chi connectivity index (χ0n) is 9.47. The highest BCUT2D eigenvalue weighted by Crippen LogP contribution is 2.30. The number of halogens is 2. The maximum absolute atomic E-state index is 13.7. The third-order valence-corrected chi connectivity index (χ3v) is 3.14. The van der Waals surface area contributed by atoms with Crippen LogP contribution in [0.15, 0.2) is 6.07 Å². The van der Waals surface area contributed by atoms with Crippen LogP contribution in [0.2, 0.25) is 5.02 Å². The van der Waals surface area contributed by atoms with Crippen molar-refractivity contribution in [2.75, 3.05) is 0 Å². The minimum Gasteiger partial charge on any atom is -0.481 e. The number of hydrogen-bond acceptors (Lipinski definition) is 1. The summed E-state index contributed by atoms with van der Waals surface area (Å²) in [6.07, 6.45) is -0.0281. The number of hydrogen-bond donors (Lipinski definition) is 1. The van der Waals surface area contributed by atoms with E-state index in [9.17, 15) is 9.18 Å². The average molecular weight is 245 g/mol. The number of benzene rings is 1. The van der Waals surface area contributed by atoms with E-state index >= 15 is 0 Å². The van der Waals surface area contributed by atoms with E-state index in [1.807, 2.05) is 0 Å². The molecule has 0 aliphatic carbocycles. The topological polar surface area (TPSA) is 37.3 Å². The van der Waals surface area contributed by atoms with Crippen LogP contribution in [0.4, 0.5) is 4.39 Å². The van der Waals surface area contributed by atoms with Gasteiger partial charge in [0.2, 0.25) is 0 Å². The molecule has 0 saturated heterocycles. The van der Waals surface area contributed by atoms with E-state index in [1.165, 1.54) is 0 Å². The van der Waals surface area contributed by atoms with Gasteiger partial charge < -0.3 is 5.11 Å². The fourth-order valence-electron chi connectivity index (χ4n) is 1.75. The minimum atomic E-state index is -0.899. The largest absolute Gasteiger partial charge is 0.481 e. The quantitative estimate of drug-likeness (QED) is 0.881. The van der Waals surface area contributed by atoms with Gasteiger partial charge in [0.15, 0.2) is 0 Å². The van der Waals surface area contributed by atoms with Crippen LogP contribution >= 0.6 is 11.6 Å². The Morgan fingerprint density at radius 1 is 1.50 bits per heavy atom. The number of carboxylic acids is 1. The third kappa shape index (κ3) is 2.53. The fraction of sp³-hybridized carbons (Fsp3) is 0.417. The fourth-order valence-corrected chi connectivity index (χ4v) is 1.95. The van der Waals surface area contributed by atoms with Gasteiger partial charge in [-0.15, -0.1) is 0 Å². The van der Waals surface area contributed by atoms with Gasteiger partial charge in [0.05, 0.1) is 6.42 Å². The third-order valence-electron chi connectivity index (χ3n) is 2.74. The van der Waals surface area contributed by atoms with Gasteiger partial charge in [-0.2, -0.15) is 0 Å². The van der Waals surface area contributed by atoms with E-state index in [1.54, 1.807) is 26.8 Å². The van der Waals surface area contributed by atoms with E-state index in [2.05, 4.69) is 0 Å². The van der Waals surface area contributed by atoms with Gasteiger partial charge in [-0.25, -0.2) is 4.39 Å². The van der Waals surface area contributed by atoms with E-state index in [0.29, 0.717) is 21.7 Å². The molecule has 0 aromatic heterocycles. The van der Waals surface area contributed by atoms with E-state index < -0.39 is 5.97 Å². The summed E-state index contributed by atoms with van der Waals surface area (Å²) in [4.78, 5) is 10.6. The molecule has 0 radical (unpaired) electrons. The molecule has 0 saturated carbocycles. The highest BCUT2D eigenvalue weighted by molar-refractivity contribution is 6.31. The normalized spacial score (nSPS) is 12.6. The van der Waals surface area contributed by atoms with Gasteiger partial charge in [0.1, 0.15) is 5.82 Å². The van der Waals surface area contributed by atoms with Crippen LogP contribution < -0.4 is 0 Å². The predicted molar refractivity (Wildman–Crippen MR) is 61.6 cm³/mol. The second-order valence-corrected chi connectivity index (χ2v) is 4.42. The molecular weight excluding hydrogens is 231 g/mol. The van der Waals surface area contributed by atoms with Crippen molar-refractivity contribution in [3.63, 3.8) is 0 Å². The monoisotopic (exact) mass is 244 g/mol. The summed E-state index contributed by atoms with van der Waals surface area (Å²) >= 11 is 5.88. The zero-order valence-corrected chi connectivity index (χ0v) is 10.2. The lowest BCUT2D eigenvalue weighted by atomic mass is 9.92. The van der Waals surface area contributed by atoms with Crippen LogP contribution in [0, 0.1) is 19.7 Å². The Labute approximate surface area is 99.0 Å². The van der Waals surface area contributed by atoms with Crippen molar-refractivity contribution in [1.29, 1.82) is 0 Å². The van der Waals surface area contributed by atoms with Crippen molar-refractivity contribution < 1.29 is 14.3 Å². The van der Waals surface area contributed by atoms with Crippen molar-refractivity contribution in [3.8, 4) is 0 Å². The maximum Gasteiger partial charge on any atom is 0.303 e. The summed E-state index contributed by atoms with van der Waals surface area (Å²) in [7, 11) is 0. The van der Waals surface area contributed by atoms with Gasteiger partial charge in [-0.1, -0.05) is 18.5 Å². The Morgan fingerprint density at radius 3 is 2.56 bits per heavy atom. The SMILES string of the molecule is Cc1c(Cl)cc(C(C)CC(=O)O)c(C)c1F. The molecule has 1 rings (SSSR count). The van der Waals surface area contributed by atoms with Crippen LogP contribution in [0.1, 0.15) is 36.0 Å². The second kappa shape index (κ2) is 4.83. The molecule has 0 spiro atoms. The van der Waals surface area contributed by atoms with Crippen molar-refractivity contribution in [1.82, 2.24) is 0 Å². The average Bonchev–Trinajstić information content (AvgIpc) is 2.19. The summed E-state index contributed by atoms with van der Waals surface area (Å²) in [5.74, 6) is -1.49. The summed E-state index contributed by atoms with van der Waals surface area (Å²) in [5, 5.41) is 9.05. The Balaban J connectivity index is 3.19. The predicted octanol–water partition coefficient (Wildman–Crippen LogP) is 3.67. The first kappa shape index (κ1) is 13.0. The Morgan fingerprint density at radius 2 is 2.06 bits per heavy atom. The number of aliphatic carboxylic acids is 1. The molecule has 0 aliphatic rings. The molecule has 88 valence electrons. The van der Waals surface area contributed by atoms with E-state index in [-0.39, 0.29) is 18.2 Å². The molecule has 16 heavy (non-hydrogen) atoms. The van der Waals surface area contributed by atoms with Crippen molar-refractivity contribution in [3.05, 3.63) is 33.6 Å². The summed E-state index contributed by atoms with van der Waals surface area (Å²) in [6.45, 7) is 5.00. The molecule has 1 atom stereocenters. The smallest absolute Gasteiger partial charge is 0.303 e. The molecule has 1 aromatic rings. The van der Waals surface area contributed by atoms with Crippen LogP contribution in [0.3, 0.4) is 0 Å². The second-order valence-electron chi connectivity index (χ2n) is 4.01. The standard InChI is InChI=1S/C12H14ClFO2/c1-6(4-11(15)16)9-5-10(13)8(3)12(14)7(9)2/h5-6H,4H2,1-3H3,(H,15,16).